The molecular formula is C23H33N5O. The van der Waals surface area contributed by atoms with Crippen LogP contribution in [0.5, 0.6) is 0 Å². The lowest BCUT2D eigenvalue weighted by Gasteiger charge is -2.18. The van der Waals surface area contributed by atoms with Crippen molar-refractivity contribution in [3.05, 3.63) is 65.2 Å². The van der Waals surface area contributed by atoms with E-state index < -0.39 is 6.10 Å². The Balaban J connectivity index is 1.54. The van der Waals surface area contributed by atoms with Gasteiger partial charge in [0.2, 0.25) is 5.82 Å². The van der Waals surface area contributed by atoms with Crippen LogP contribution in [0.1, 0.15) is 86.5 Å². The summed E-state index contributed by atoms with van der Waals surface area (Å²) in [6, 6.07) is 13.0. The summed E-state index contributed by atoms with van der Waals surface area (Å²) in [7, 11) is 0. The van der Waals surface area contributed by atoms with Crippen molar-refractivity contribution in [3.63, 3.8) is 0 Å². The van der Waals surface area contributed by atoms with Gasteiger partial charge in [-0.1, -0.05) is 61.7 Å². The van der Waals surface area contributed by atoms with Gasteiger partial charge in [-0.05, 0) is 61.6 Å². The van der Waals surface area contributed by atoms with E-state index in [2.05, 4.69) is 68.9 Å². The second kappa shape index (κ2) is 11.5. The molecule has 0 saturated heterocycles. The standard InChI is InChI=1S/C23H33N5O/c1-2-3-12-19(13-8-7-11-18-9-5-4-6-10-18)20-16-17-24-21(20)14-15-22(29)23-25-27-28-26-23/h4-6,9-10,16-17,19,22,24,29H,2-3,7-8,11-15H2,1H3,(H,25,26,27,28). The van der Waals surface area contributed by atoms with Crippen molar-refractivity contribution in [3.8, 4) is 0 Å². The smallest absolute Gasteiger partial charge is 0.202 e. The van der Waals surface area contributed by atoms with Crippen molar-refractivity contribution in [2.75, 3.05) is 0 Å². The molecule has 3 N–H and O–H groups in total. The predicted octanol–water partition coefficient (Wildman–Crippen LogP) is 4.88. The molecule has 0 radical (unpaired) electrons. The number of unbranched alkanes of at least 4 members (excludes halogenated alkanes) is 2. The van der Waals surface area contributed by atoms with Crippen LogP contribution in [0.3, 0.4) is 0 Å². The number of aryl methyl sites for hydroxylation is 2. The zero-order valence-electron chi connectivity index (χ0n) is 17.3. The first-order valence-electron chi connectivity index (χ1n) is 10.9. The second-order valence-corrected chi connectivity index (χ2v) is 7.81. The van der Waals surface area contributed by atoms with Gasteiger partial charge in [-0.25, -0.2) is 0 Å². The summed E-state index contributed by atoms with van der Waals surface area (Å²) in [5, 5.41) is 24.0. The number of nitrogens with zero attached hydrogens (tertiary/aromatic N) is 3. The van der Waals surface area contributed by atoms with E-state index in [1.807, 2.05) is 6.20 Å². The van der Waals surface area contributed by atoms with Gasteiger partial charge in [-0.15, -0.1) is 10.2 Å². The Morgan fingerprint density at radius 2 is 1.79 bits per heavy atom. The van der Waals surface area contributed by atoms with Gasteiger partial charge in [0.25, 0.3) is 0 Å². The molecule has 2 heterocycles. The van der Waals surface area contributed by atoms with Gasteiger partial charge in [0.1, 0.15) is 6.10 Å². The molecule has 1 aromatic carbocycles. The van der Waals surface area contributed by atoms with E-state index in [0.717, 1.165) is 12.8 Å². The van der Waals surface area contributed by atoms with Gasteiger partial charge < -0.3 is 10.1 Å². The maximum Gasteiger partial charge on any atom is 0.202 e. The molecule has 0 saturated carbocycles. The number of aromatic nitrogens is 5. The number of benzene rings is 1. The minimum Gasteiger partial charge on any atom is -0.385 e. The Hall–Kier alpha value is -2.47. The topological polar surface area (TPSA) is 90.5 Å². The van der Waals surface area contributed by atoms with E-state index in [0.29, 0.717) is 18.2 Å². The third kappa shape index (κ3) is 6.53. The van der Waals surface area contributed by atoms with E-state index in [4.69, 9.17) is 0 Å². The first-order valence-corrected chi connectivity index (χ1v) is 10.9. The molecule has 2 atom stereocenters. The lowest BCUT2D eigenvalue weighted by atomic mass is 9.87. The number of rotatable bonds is 13. The van der Waals surface area contributed by atoms with Crippen LogP contribution in [-0.4, -0.2) is 30.7 Å². The molecule has 0 fully saturated rings. The van der Waals surface area contributed by atoms with Crippen molar-refractivity contribution >= 4 is 0 Å². The van der Waals surface area contributed by atoms with Crippen molar-refractivity contribution in [1.29, 1.82) is 0 Å². The predicted molar refractivity (Wildman–Crippen MR) is 115 cm³/mol. The quantitative estimate of drug-likeness (QED) is 0.360. The average Bonchev–Trinajstić information content (AvgIpc) is 3.44. The Labute approximate surface area is 173 Å². The van der Waals surface area contributed by atoms with Crippen LogP contribution in [0.2, 0.25) is 0 Å². The molecule has 2 unspecified atom stereocenters. The van der Waals surface area contributed by atoms with Gasteiger partial charge in [-0.3, -0.25) is 0 Å². The average molecular weight is 396 g/mol. The van der Waals surface area contributed by atoms with Crippen LogP contribution in [0.25, 0.3) is 0 Å². The van der Waals surface area contributed by atoms with Crippen LogP contribution >= 0.6 is 0 Å². The maximum atomic E-state index is 10.3. The third-order valence-corrected chi connectivity index (χ3v) is 5.65. The Morgan fingerprint density at radius 1 is 0.966 bits per heavy atom. The highest BCUT2D eigenvalue weighted by Crippen LogP contribution is 2.31. The molecule has 156 valence electrons. The number of hydrogen-bond donors (Lipinski definition) is 3. The summed E-state index contributed by atoms with van der Waals surface area (Å²) in [4.78, 5) is 3.40. The van der Waals surface area contributed by atoms with Crippen LogP contribution in [-0.2, 0) is 12.8 Å². The molecule has 0 aliphatic rings. The number of tetrazole rings is 1. The number of aromatic amines is 2. The third-order valence-electron chi connectivity index (χ3n) is 5.65. The first-order chi connectivity index (χ1) is 14.3. The SMILES string of the molecule is CCCCC(CCCCc1ccccc1)c1cc[nH]c1CCC(O)c1nn[nH]n1. The van der Waals surface area contributed by atoms with Crippen molar-refractivity contribution in [2.24, 2.45) is 0 Å². The van der Waals surface area contributed by atoms with Crippen LogP contribution in [0.4, 0.5) is 0 Å². The fraction of sp³-hybridized carbons (Fsp3) is 0.522. The number of aliphatic hydroxyl groups is 1. The van der Waals surface area contributed by atoms with Crippen molar-refractivity contribution in [1.82, 2.24) is 25.6 Å². The molecule has 2 aromatic heterocycles. The van der Waals surface area contributed by atoms with Crippen molar-refractivity contribution < 1.29 is 5.11 Å². The van der Waals surface area contributed by atoms with Gasteiger partial charge >= 0.3 is 0 Å². The minimum atomic E-state index is -0.690. The molecule has 0 aliphatic carbocycles. The Kier molecular flexibility index (Phi) is 8.43. The summed E-state index contributed by atoms with van der Waals surface area (Å²) >= 11 is 0. The van der Waals surface area contributed by atoms with Gasteiger partial charge in [0, 0.05) is 11.9 Å². The monoisotopic (exact) mass is 395 g/mol. The van der Waals surface area contributed by atoms with Crippen LogP contribution in [0.15, 0.2) is 42.6 Å². The van der Waals surface area contributed by atoms with Gasteiger partial charge in [-0.2, -0.15) is 5.21 Å². The van der Waals surface area contributed by atoms with E-state index in [1.54, 1.807) is 0 Å². The van der Waals surface area contributed by atoms with E-state index in [1.165, 1.54) is 55.3 Å². The largest absolute Gasteiger partial charge is 0.385 e. The summed E-state index contributed by atoms with van der Waals surface area (Å²) in [5.41, 5.74) is 4.07. The van der Waals surface area contributed by atoms with Crippen LogP contribution < -0.4 is 0 Å². The highest BCUT2D eigenvalue weighted by atomic mass is 16.3. The zero-order valence-corrected chi connectivity index (χ0v) is 17.3. The molecular weight excluding hydrogens is 362 g/mol. The highest BCUT2D eigenvalue weighted by molar-refractivity contribution is 5.25. The van der Waals surface area contributed by atoms with Gasteiger partial charge in [0.15, 0.2) is 0 Å². The molecule has 6 heteroatoms. The summed E-state index contributed by atoms with van der Waals surface area (Å²) in [6.07, 6.45) is 11.2. The Bertz CT molecular complexity index is 800. The molecule has 0 bridgehead atoms. The minimum absolute atomic E-state index is 0.363. The molecule has 0 aliphatic heterocycles. The summed E-state index contributed by atoms with van der Waals surface area (Å²) in [6.45, 7) is 2.26. The number of hydrogen-bond acceptors (Lipinski definition) is 4. The van der Waals surface area contributed by atoms with E-state index in [-0.39, 0.29) is 0 Å². The fourth-order valence-electron chi connectivity index (χ4n) is 4.01. The number of H-pyrrole nitrogens is 2. The molecule has 0 amide bonds. The molecule has 3 rings (SSSR count). The normalized spacial score (nSPS) is 13.4. The van der Waals surface area contributed by atoms with Crippen LogP contribution in [0, 0.1) is 0 Å². The van der Waals surface area contributed by atoms with Crippen molar-refractivity contribution in [2.45, 2.75) is 76.7 Å². The van der Waals surface area contributed by atoms with E-state index in [9.17, 15) is 5.11 Å². The zero-order chi connectivity index (χ0) is 20.3. The first kappa shape index (κ1) is 21.2. The number of aliphatic hydroxyl groups excluding tert-OH is 1. The summed E-state index contributed by atoms with van der Waals surface area (Å²) < 4.78 is 0. The lowest BCUT2D eigenvalue weighted by Crippen LogP contribution is -2.06. The van der Waals surface area contributed by atoms with E-state index >= 15 is 0 Å². The number of nitrogens with one attached hydrogen (secondary N) is 2. The molecule has 3 aromatic rings. The molecule has 6 nitrogen and oxygen atoms in total. The highest BCUT2D eigenvalue weighted by Gasteiger charge is 2.18. The van der Waals surface area contributed by atoms with Gasteiger partial charge in [0.05, 0.1) is 0 Å². The maximum absolute atomic E-state index is 10.3. The summed E-state index contributed by atoms with van der Waals surface area (Å²) in [5.74, 6) is 0.941. The molecule has 0 spiro atoms. The molecule has 29 heavy (non-hydrogen) atoms. The second-order valence-electron chi connectivity index (χ2n) is 7.81. The fourth-order valence-corrected chi connectivity index (χ4v) is 4.01. The lowest BCUT2D eigenvalue weighted by molar-refractivity contribution is 0.157. The Morgan fingerprint density at radius 3 is 2.55 bits per heavy atom.